The van der Waals surface area contributed by atoms with E-state index in [2.05, 4.69) is 10.3 Å². The van der Waals surface area contributed by atoms with Crippen molar-refractivity contribution in [1.29, 1.82) is 0 Å². The quantitative estimate of drug-likeness (QED) is 0.279. The predicted octanol–water partition coefficient (Wildman–Crippen LogP) is 6.18. The average molecular weight is 506 g/mol. The van der Waals surface area contributed by atoms with Gasteiger partial charge in [0.25, 0.3) is 0 Å². The van der Waals surface area contributed by atoms with Gasteiger partial charge in [-0.25, -0.2) is 0 Å². The zero-order valence-electron chi connectivity index (χ0n) is 21.1. The molecule has 1 atom stereocenters. The van der Waals surface area contributed by atoms with E-state index in [9.17, 15) is 4.79 Å². The number of ether oxygens (including phenoxy) is 1. The van der Waals surface area contributed by atoms with Crippen molar-refractivity contribution in [2.24, 2.45) is 5.92 Å². The Balaban J connectivity index is 1.73. The summed E-state index contributed by atoms with van der Waals surface area (Å²) in [6, 6.07) is 19.2. The number of nitrogens with one attached hydrogen (secondary N) is 1. The minimum atomic E-state index is -0.396. The molecule has 188 valence electrons. The lowest BCUT2D eigenvalue weighted by Gasteiger charge is -2.21. The number of amides is 1. The zero-order chi connectivity index (χ0) is 25.7. The molecule has 2 heterocycles. The van der Waals surface area contributed by atoms with Gasteiger partial charge in [0.2, 0.25) is 5.91 Å². The number of aromatic nitrogens is 1. The molecule has 0 aliphatic carbocycles. The third-order valence-electron chi connectivity index (χ3n) is 5.86. The molecule has 0 fully saturated rings. The van der Waals surface area contributed by atoms with Crippen molar-refractivity contribution < 1.29 is 13.9 Å². The number of benzene rings is 2. The Hall–Kier alpha value is -3.35. The van der Waals surface area contributed by atoms with Crippen LogP contribution in [0.4, 0.5) is 0 Å². The summed E-state index contributed by atoms with van der Waals surface area (Å²) in [5.74, 6) is 1.95. The Morgan fingerprint density at radius 3 is 2.61 bits per heavy atom. The molecule has 0 aliphatic heterocycles. The van der Waals surface area contributed by atoms with Gasteiger partial charge in [0.05, 0.1) is 17.6 Å². The highest BCUT2D eigenvalue weighted by atomic mass is 35.5. The van der Waals surface area contributed by atoms with Crippen LogP contribution in [-0.2, 0) is 24.4 Å². The normalized spacial score (nSPS) is 12.3. The summed E-state index contributed by atoms with van der Waals surface area (Å²) >= 11 is 6.69. The van der Waals surface area contributed by atoms with Gasteiger partial charge >= 0.3 is 0 Å². The van der Waals surface area contributed by atoms with E-state index >= 15 is 0 Å². The number of hydrogen-bond donors (Lipinski definition) is 1. The average Bonchev–Trinajstić information content (AvgIpc) is 3.31. The molecule has 2 aromatic carbocycles. The second kappa shape index (κ2) is 11.6. The molecule has 1 N–H and O–H groups in total. The van der Waals surface area contributed by atoms with Gasteiger partial charge in [-0.2, -0.15) is 0 Å². The van der Waals surface area contributed by atoms with Crippen LogP contribution in [-0.4, -0.2) is 29.9 Å². The molecular weight excluding hydrogens is 474 g/mol. The van der Waals surface area contributed by atoms with Crippen LogP contribution >= 0.6 is 11.6 Å². The topological polar surface area (TPSA) is 67.6 Å². The monoisotopic (exact) mass is 505 g/mol. The molecule has 0 saturated carbocycles. The van der Waals surface area contributed by atoms with Crippen LogP contribution in [0, 0.1) is 5.92 Å². The minimum absolute atomic E-state index is 0.0534. The number of carbonyl (C=O) groups is 1. The summed E-state index contributed by atoms with van der Waals surface area (Å²) in [5.41, 5.74) is 2.59. The third kappa shape index (κ3) is 6.25. The first kappa shape index (κ1) is 25.7. The third-order valence-corrected chi connectivity index (χ3v) is 6.17. The van der Waals surface area contributed by atoms with E-state index in [1.54, 1.807) is 6.20 Å². The molecule has 7 heteroatoms. The molecular formula is C29H32ClN3O3. The number of fused-ring (bicyclic) bond motifs is 1. The Kier molecular flexibility index (Phi) is 8.28. The molecule has 4 rings (SSSR count). The van der Waals surface area contributed by atoms with E-state index in [-0.39, 0.29) is 11.8 Å². The van der Waals surface area contributed by atoms with Crippen LogP contribution in [0.3, 0.4) is 0 Å². The summed E-state index contributed by atoms with van der Waals surface area (Å²) < 4.78 is 12.5. The molecule has 0 aliphatic rings. The Morgan fingerprint density at radius 2 is 1.89 bits per heavy atom. The largest absolute Gasteiger partial charge is 0.486 e. The van der Waals surface area contributed by atoms with E-state index in [1.165, 1.54) is 0 Å². The fourth-order valence-electron chi connectivity index (χ4n) is 4.03. The molecule has 1 amide bonds. The molecule has 0 bridgehead atoms. The summed E-state index contributed by atoms with van der Waals surface area (Å²) in [6.45, 7) is 4.80. The number of halogens is 1. The van der Waals surface area contributed by atoms with Gasteiger partial charge in [-0.1, -0.05) is 55.8 Å². The van der Waals surface area contributed by atoms with Crippen LogP contribution in [0.1, 0.15) is 42.5 Å². The maximum Gasteiger partial charge on any atom is 0.223 e. The van der Waals surface area contributed by atoms with Crippen LogP contribution in [0.2, 0.25) is 5.02 Å². The Labute approximate surface area is 217 Å². The summed E-state index contributed by atoms with van der Waals surface area (Å²) in [7, 11) is 3.97. The van der Waals surface area contributed by atoms with E-state index in [1.807, 2.05) is 93.5 Å². The van der Waals surface area contributed by atoms with Crippen molar-refractivity contribution in [2.45, 2.75) is 39.5 Å². The van der Waals surface area contributed by atoms with E-state index in [0.29, 0.717) is 41.6 Å². The standard InChI is InChI=1S/C29H32ClN3O3/c1-19(2)29(34)32-25(26-13-12-22(36-26)17-33(3)4)16-21-15-24(30)23-11-8-14-31-27(23)28(21)35-18-20-9-6-5-7-10-20/h5-15,19,25H,16-18H2,1-4H3,(H,32,34). The van der Waals surface area contributed by atoms with Crippen LogP contribution in [0.5, 0.6) is 5.75 Å². The number of rotatable bonds is 10. The summed E-state index contributed by atoms with van der Waals surface area (Å²) in [5, 5.41) is 4.56. The molecule has 36 heavy (non-hydrogen) atoms. The smallest absolute Gasteiger partial charge is 0.223 e. The van der Waals surface area contributed by atoms with Crippen molar-refractivity contribution >= 4 is 28.4 Å². The van der Waals surface area contributed by atoms with Gasteiger partial charge in [0.15, 0.2) is 0 Å². The highest BCUT2D eigenvalue weighted by Crippen LogP contribution is 2.37. The van der Waals surface area contributed by atoms with Gasteiger partial charge in [-0.05, 0) is 50.0 Å². The van der Waals surface area contributed by atoms with Crippen molar-refractivity contribution in [3.05, 3.63) is 94.5 Å². The fraction of sp³-hybridized carbons (Fsp3) is 0.310. The molecule has 0 radical (unpaired) electrons. The maximum atomic E-state index is 12.7. The Morgan fingerprint density at radius 1 is 1.11 bits per heavy atom. The van der Waals surface area contributed by atoms with Crippen molar-refractivity contribution in [1.82, 2.24) is 15.2 Å². The van der Waals surface area contributed by atoms with Gasteiger partial charge in [0.1, 0.15) is 29.4 Å². The Bertz CT molecular complexity index is 1320. The van der Waals surface area contributed by atoms with Crippen LogP contribution in [0.25, 0.3) is 10.9 Å². The first-order valence-electron chi connectivity index (χ1n) is 12.1. The molecule has 4 aromatic rings. The zero-order valence-corrected chi connectivity index (χ0v) is 21.9. The lowest BCUT2D eigenvalue weighted by Crippen LogP contribution is -2.33. The molecule has 6 nitrogen and oxygen atoms in total. The van der Waals surface area contributed by atoms with E-state index < -0.39 is 6.04 Å². The second-order valence-electron chi connectivity index (χ2n) is 9.48. The van der Waals surface area contributed by atoms with Crippen LogP contribution < -0.4 is 10.1 Å². The van der Waals surface area contributed by atoms with Gasteiger partial charge in [-0.15, -0.1) is 0 Å². The number of nitrogens with zero attached hydrogens (tertiary/aromatic N) is 2. The van der Waals surface area contributed by atoms with Crippen molar-refractivity contribution in [3.8, 4) is 5.75 Å². The first-order chi connectivity index (χ1) is 17.3. The minimum Gasteiger partial charge on any atom is -0.486 e. The van der Waals surface area contributed by atoms with Crippen LogP contribution in [0.15, 0.2) is 71.3 Å². The number of pyridine rings is 1. The second-order valence-corrected chi connectivity index (χ2v) is 9.89. The highest BCUT2D eigenvalue weighted by Gasteiger charge is 2.24. The predicted molar refractivity (Wildman–Crippen MR) is 143 cm³/mol. The summed E-state index contributed by atoms with van der Waals surface area (Å²) in [6.07, 6.45) is 2.17. The number of hydrogen-bond acceptors (Lipinski definition) is 5. The van der Waals surface area contributed by atoms with Gasteiger partial charge < -0.3 is 19.4 Å². The van der Waals surface area contributed by atoms with E-state index in [4.69, 9.17) is 20.8 Å². The molecule has 0 spiro atoms. The lowest BCUT2D eigenvalue weighted by atomic mass is 10.00. The lowest BCUT2D eigenvalue weighted by molar-refractivity contribution is -0.124. The van der Waals surface area contributed by atoms with Crippen molar-refractivity contribution in [3.63, 3.8) is 0 Å². The fourth-order valence-corrected chi connectivity index (χ4v) is 4.31. The highest BCUT2D eigenvalue weighted by molar-refractivity contribution is 6.35. The first-order valence-corrected chi connectivity index (χ1v) is 12.5. The van der Waals surface area contributed by atoms with E-state index in [0.717, 1.165) is 22.3 Å². The van der Waals surface area contributed by atoms with Crippen molar-refractivity contribution in [2.75, 3.05) is 14.1 Å². The number of carbonyl (C=O) groups excluding carboxylic acids is 1. The van der Waals surface area contributed by atoms with Gasteiger partial charge in [-0.3, -0.25) is 9.78 Å². The molecule has 1 unspecified atom stereocenters. The molecule has 2 aromatic heterocycles. The number of furan rings is 1. The maximum absolute atomic E-state index is 12.7. The molecule has 0 saturated heterocycles. The SMILES string of the molecule is CC(C)C(=O)NC(Cc1cc(Cl)c2cccnc2c1OCc1ccccc1)c1ccc(CN(C)C)o1. The summed E-state index contributed by atoms with van der Waals surface area (Å²) in [4.78, 5) is 19.4. The van der Waals surface area contributed by atoms with Gasteiger partial charge in [0, 0.05) is 29.5 Å².